The molecule has 0 bridgehead atoms. The number of nitrogens with zero attached hydrogens (tertiary/aromatic N) is 3. The molecule has 3 nitrogen and oxygen atoms in total. The lowest BCUT2D eigenvalue weighted by Gasteiger charge is -2.17. The van der Waals surface area contributed by atoms with Gasteiger partial charge in [0.1, 0.15) is 0 Å². The van der Waals surface area contributed by atoms with Crippen LogP contribution in [0.5, 0.6) is 0 Å². The first kappa shape index (κ1) is 30.4. The van der Waals surface area contributed by atoms with E-state index in [1.807, 2.05) is 0 Å². The zero-order chi connectivity index (χ0) is 35.6. The Morgan fingerprint density at radius 1 is 0.333 bits per heavy atom. The molecule has 54 heavy (non-hydrogen) atoms. The van der Waals surface area contributed by atoms with E-state index in [9.17, 15) is 0 Å². The number of aromatic nitrogens is 3. The molecule has 0 aliphatic rings. The van der Waals surface area contributed by atoms with Gasteiger partial charge in [0.2, 0.25) is 0 Å². The third-order valence-corrected chi connectivity index (χ3v) is 10.9. The topological polar surface area (TPSA) is 22.8 Å². The highest BCUT2D eigenvalue weighted by Crippen LogP contribution is 2.43. The van der Waals surface area contributed by atoms with Crippen molar-refractivity contribution in [2.24, 2.45) is 0 Å². The molecule has 0 atom stereocenters. The van der Waals surface area contributed by atoms with Crippen molar-refractivity contribution in [3.05, 3.63) is 200 Å². The largest absolute Gasteiger partial charge is 0.307 e. The third-order valence-electron chi connectivity index (χ3n) is 10.9. The van der Waals surface area contributed by atoms with Crippen LogP contribution < -0.4 is 0 Å². The van der Waals surface area contributed by atoms with Gasteiger partial charge in [-0.05, 0) is 64.4 Å². The first-order chi connectivity index (χ1) is 26.8. The van der Waals surface area contributed by atoms with Crippen LogP contribution in [-0.4, -0.2) is 14.1 Å². The first-order valence-electron chi connectivity index (χ1n) is 18.5. The van der Waals surface area contributed by atoms with Crippen LogP contribution in [0.3, 0.4) is 0 Å². The van der Waals surface area contributed by atoms with Crippen LogP contribution in [0.15, 0.2) is 200 Å². The average Bonchev–Trinajstić information content (AvgIpc) is 3.77. The van der Waals surface area contributed by atoms with Crippen molar-refractivity contribution < 1.29 is 0 Å². The molecule has 0 saturated heterocycles. The van der Waals surface area contributed by atoms with Crippen molar-refractivity contribution >= 4 is 54.4 Å². The Bertz CT molecular complexity index is 3150. The molecule has 0 amide bonds. The summed E-state index contributed by atoms with van der Waals surface area (Å²) >= 11 is 0. The van der Waals surface area contributed by atoms with E-state index in [1.165, 1.54) is 48.9 Å². The number of rotatable bonds is 5. The van der Waals surface area contributed by atoms with E-state index < -0.39 is 0 Å². The van der Waals surface area contributed by atoms with Gasteiger partial charge in [0.15, 0.2) is 0 Å². The van der Waals surface area contributed by atoms with Crippen LogP contribution in [0.25, 0.3) is 99.4 Å². The minimum Gasteiger partial charge on any atom is -0.307 e. The van der Waals surface area contributed by atoms with E-state index in [1.54, 1.807) is 0 Å². The van der Waals surface area contributed by atoms with Gasteiger partial charge in [0.25, 0.3) is 0 Å². The number of hydrogen-bond acceptors (Lipinski definition) is 1. The second-order valence-electron chi connectivity index (χ2n) is 14.0. The Hall–Kier alpha value is -7.23. The summed E-state index contributed by atoms with van der Waals surface area (Å²) in [4.78, 5) is 5.40. The van der Waals surface area contributed by atoms with Crippen LogP contribution >= 0.6 is 0 Å². The molecule has 11 rings (SSSR count). The lowest BCUT2D eigenvalue weighted by Crippen LogP contribution is -2.01. The summed E-state index contributed by atoms with van der Waals surface area (Å²) in [7, 11) is 0. The van der Waals surface area contributed by atoms with Gasteiger partial charge in [-0.15, -0.1) is 0 Å². The zero-order valence-electron chi connectivity index (χ0n) is 29.4. The second kappa shape index (κ2) is 12.2. The molecule has 0 saturated carbocycles. The smallest absolute Gasteiger partial charge is 0.0789 e. The average molecular weight is 688 g/mol. The van der Waals surface area contributed by atoms with Crippen molar-refractivity contribution in [1.82, 2.24) is 14.1 Å². The van der Waals surface area contributed by atoms with Gasteiger partial charge in [-0.3, -0.25) is 0 Å². The number of pyridine rings is 1. The van der Waals surface area contributed by atoms with Crippen molar-refractivity contribution in [3.8, 4) is 45.0 Å². The highest BCUT2D eigenvalue weighted by Gasteiger charge is 2.23. The molecular formula is C51H33N3. The Labute approximate surface area is 312 Å². The highest BCUT2D eigenvalue weighted by molar-refractivity contribution is 6.24. The fraction of sp³-hybridized carbons (Fsp3) is 0. The lowest BCUT2D eigenvalue weighted by atomic mass is 9.99. The van der Waals surface area contributed by atoms with E-state index in [4.69, 9.17) is 4.98 Å². The molecule has 8 aromatic carbocycles. The molecule has 3 heterocycles. The first-order valence-corrected chi connectivity index (χ1v) is 18.5. The summed E-state index contributed by atoms with van der Waals surface area (Å²) in [6.45, 7) is 0. The van der Waals surface area contributed by atoms with Gasteiger partial charge >= 0.3 is 0 Å². The van der Waals surface area contributed by atoms with Crippen molar-refractivity contribution in [1.29, 1.82) is 0 Å². The molecule has 11 aromatic rings. The fourth-order valence-corrected chi connectivity index (χ4v) is 8.44. The zero-order valence-corrected chi connectivity index (χ0v) is 29.4. The third kappa shape index (κ3) is 4.72. The maximum Gasteiger partial charge on any atom is 0.0789 e. The summed E-state index contributed by atoms with van der Waals surface area (Å²) in [6, 6.07) is 72.0. The van der Waals surface area contributed by atoms with Crippen LogP contribution in [0.4, 0.5) is 0 Å². The van der Waals surface area contributed by atoms with Gasteiger partial charge < -0.3 is 9.13 Å². The second-order valence-corrected chi connectivity index (χ2v) is 14.0. The molecule has 252 valence electrons. The van der Waals surface area contributed by atoms with E-state index >= 15 is 0 Å². The lowest BCUT2D eigenvalue weighted by molar-refractivity contribution is 1.15. The normalized spacial score (nSPS) is 11.7. The van der Waals surface area contributed by atoms with Crippen LogP contribution in [0.2, 0.25) is 0 Å². The van der Waals surface area contributed by atoms with Crippen LogP contribution in [0, 0.1) is 0 Å². The van der Waals surface area contributed by atoms with Gasteiger partial charge in [-0.1, -0.05) is 158 Å². The van der Waals surface area contributed by atoms with Gasteiger partial charge in [-0.2, -0.15) is 0 Å². The maximum absolute atomic E-state index is 5.40. The fourth-order valence-electron chi connectivity index (χ4n) is 8.44. The number of benzene rings is 8. The minimum atomic E-state index is 0.930. The Balaban J connectivity index is 1.26. The van der Waals surface area contributed by atoms with E-state index in [0.717, 1.165) is 50.5 Å². The van der Waals surface area contributed by atoms with Gasteiger partial charge in [0, 0.05) is 38.4 Å². The summed E-state index contributed by atoms with van der Waals surface area (Å²) in [6.07, 6.45) is 0. The Morgan fingerprint density at radius 3 is 1.63 bits per heavy atom. The van der Waals surface area contributed by atoms with Gasteiger partial charge in [0.05, 0.1) is 39.1 Å². The van der Waals surface area contributed by atoms with Crippen molar-refractivity contribution in [3.63, 3.8) is 0 Å². The molecule has 0 spiro atoms. The molecule has 0 unspecified atom stereocenters. The van der Waals surface area contributed by atoms with E-state index in [-0.39, 0.29) is 0 Å². The van der Waals surface area contributed by atoms with Crippen LogP contribution in [0.1, 0.15) is 0 Å². The summed E-state index contributed by atoms with van der Waals surface area (Å²) < 4.78 is 4.96. The molecule has 3 aromatic heterocycles. The maximum atomic E-state index is 5.40. The molecule has 0 fully saturated rings. The molecule has 3 heteroatoms. The number of fused-ring (bicyclic) bond motifs is 8. The molecule has 0 radical (unpaired) electrons. The molecule has 0 N–H and O–H groups in total. The molecular weight excluding hydrogens is 655 g/mol. The minimum absolute atomic E-state index is 0.930. The van der Waals surface area contributed by atoms with Crippen molar-refractivity contribution in [2.75, 3.05) is 0 Å². The standard InChI is InChI=1S/C51H33N3/c1-3-15-34(16-4-1)38-32-45(36-18-5-2-6-19-36)52-46(33-38)44-23-11-14-26-49(44)54-48-25-13-10-22-41(48)43-30-29-42-40-21-9-12-24-47(40)53(50(42)51(43)54)39-28-27-35-17-7-8-20-37(35)31-39/h1-33H. The highest BCUT2D eigenvalue weighted by atomic mass is 15.0. The number of para-hydroxylation sites is 3. The predicted octanol–water partition coefficient (Wildman–Crippen LogP) is 13.4. The summed E-state index contributed by atoms with van der Waals surface area (Å²) in [5, 5.41) is 7.35. The predicted molar refractivity (Wildman–Crippen MR) is 227 cm³/mol. The summed E-state index contributed by atoms with van der Waals surface area (Å²) in [5.41, 5.74) is 13.3. The van der Waals surface area contributed by atoms with E-state index in [2.05, 4.69) is 209 Å². The monoisotopic (exact) mass is 687 g/mol. The SMILES string of the molecule is c1ccc(-c2cc(-c3ccccc3)nc(-c3ccccc3-n3c4ccccc4c4ccc5c6ccccc6n(-c6ccc7ccccc7c6)c5c43)c2)cc1. The Kier molecular flexibility index (Phi) is 6.86. The van der Waals surface area contributed by atoms with Gasteiger partial charge in [-0.25, -0.2) is 4.98 Å². The number of hydrogen-bond donors (Lipinski definition) is 0. The van der Waals surface area contributed by atoms with Crippen LogP contribution in [-0.2, 0) is 0 Å². The quantitative estimate of drug-likeness (QED) is 0.177. The molecule has 0 aliphatic carbocycles. The Morgan fingerprint density at radius 2 is 0.889 bits per heavy atom. The summed E-state index contributed by atoms with van der Waals surface area (Å²) in [5.74, 6) is 0. The van der Waals surface area contributed by atoms with E-state index in [0.29, 0.717) is 0 Å². The van der Waals surface area contributed by atoms with Crippen molar-refractivity contribution in [2.45, 2.75) is 0 Å². The molecule has 0 aliphatic heterocycles.